The molecular weight excluding hydrogens is 544 g/mol. The van der Waals surface area contributed by atoms with E-state index < -0.39 is 23.3 Å². The number of amides is 1. The number of methoxy groups -OCH3 is 1. The number of halogens is 1. The van der Waals surface area contributed by atoms with Gasteiger partial charge in [0.05, 0.1) is 30.5 Å². The number of carbonyl (C=O) groups excluding carboxylic acids is 1. The highest BCUT2D eigenvalue weighted by atomic mass is 35.5. The second kappa shape index (κ2) is 11.3. The van der Waals surface area contributed by atoms with Crippen molar-refractivity contribution in [2.24, 2.45) is 7.05 Å². The van der Waals surface area contributed by atoms with Crippen LogP contribution in [0.4, 0.5) is 5.69 Å². The van der Waals surface area contributed by atoms with Gasteiger partial charge in [0, 0.05) is 35.6 Å². The van der Waals surface area contributed by atoms with E-state index in [0.29, 0.717) is 16.6 Å². The fraction of sp³-hybridized carbons (Fsp3) is 0.290. The average molecular weight is 575 g/mol. The number of ether oxygens (including phenoxy) is 1. The molecule has 2 N–H and O–H groups in total. The summed E-state index contributed by atoms with van der Waals surface area (Å²) in [6.07, 6.45) is 3.33. The highest BCUT2D eigenvalue weighted by molar-refractivity contribution is 6.36. The van der Waals surface area contributed by atoms with Crippen LogP contribution in [-0.4, -0.2) is 38.3 Å². The normalized spacial score (nSPS) is 13.1. The van der Waals surface area contributed by atoms with E-state index in [-0.39, 0.29) is 12.1 Å². The Balaban J connectivity index is 1.51. The molecule has 0 unspecified atom stereocenters. The zero-order valence-electron chi connectivity index (χ0n) is 23.3. The van der Waals surface area contributed by atoms with Crippen LogP contribution < -0.4 is 21.3 Å². The lowest BCUT2D eigenvalue weighted by molar-refractivity contribution is 0.102. The number of hydrogen-bond donors (Lipinski definition) is 2. The summed E-state index contributed by atoms with van der Waals surface area (Å²) in [6.45, 7) is 3.32. The zero-order chi connectivity index (χ0) is 29.4. The van der Waals surface area contributed by atoms with Crippen molar-refractivity contribution >= 4 is 23.2 Å². The Hall–Kier alpha value is -4.21. The maximum Gasteiger partial charge on any atom is 0.330 e. The van der Waals surface area contributed by atoms with Gasteiger partial charge in [0.1, 0.15) is 5.56 Å². The van der Waals surface area contributed by atoms with Gasteiger partial charge in [-0.2, -0.15) is 0 Å². The number of nitrogens with one attached hydrogen (secondary N) is 1. The maximum atomic E-state index is 13.2. The van der Waals surface area contributed by atoms with Crippen LogP contribution in [0.3, 0.4) is 0 Å². The van der Waals surface area contributed by atoms with Crippen LogP contribution in [0.5, 0.6) is 5.88 Å². The lowest BCUT2D eigenvalue weighted by atomic mass is 9.96. The third kappa shape index (κ3) is 5.30. The first-order chi connectivity index (χ1) is 19.6. The summed E-state index contributed by atoms with van der Waals surface area (Å²) in [7, 11) is 2.93. The molecular formula is C31H31ClN4O5. The number of hydrogen-bond acceptors (Lipinski definition) is 6. The summed E-state index contributed by atoms with van der Waals surface area (Å²) in [6, 6.07) is 13.3. The molecule has 212 valence electrons. The number of fused-ring (bicyclic) bond motifs is 1. The van der Waals surface area contributed by atoms with Crippen LogP contribution in [0.15, 0.2) is 58.3 Å². The Kier molecular flexibility index (Phi) is 7.84. The number of aliphatic hydroxyl groups is 1. The van der Waals surface area contributed by atoms with Crippen LogP contribution >= 0.6 is 11.6 Å². The van der Waals surface area contributed by atoms with Crippen LogP contribution in [0, 0.1) is 6.92 Å². The number of aryl methyl sites for hydroxylation is 1. The van der Waals surface area contributed by atoms with Gasteiger partial charge in [0.15, 0.2) is 0 Å². The Labute approximate surface area is 242 Å². The Bertz CT molecular complexity index is 1790. The fourth-order valence-electron chi connectivity index (χ4n) is 5.34. The number of aliphatic hydroxyl groups excluding tert-OH is 1. The molecule has 5 rings (SSSR count). The molecule has 0 saturated heterocycles. The Morgan fingerprint density at radius 1 is 1.15 bits per heavy atom. The quantitative estimate of drug-likeness (QED) is 0.339. The van der Waals surface area contributed by atoms with Gasteiger partial charge in [-0.3, -0.25) is 18.7 Å². The third-order valence-electron chi connectivity index (χ3n) is 7.45. The van der Waals surface area contributed by atoms with Crippen molar-refractivity contribution in [3.8, 4) is 28.3 Å². The van der Waals surface area contributed by atoms with Crippen molar-refractivity contribution in [2.45, 2.75) is 45.8 Å². The predicted molar refractivity (Wildman–Crippen MR) is 159 cm³/mol. The summed E-state index contributed by atoms with van der Waals surface area (Å²) >= 11 is 7.00. The molecule has 1 atom stereocenters. The first kappa shape index (κ1) is 28.3. The van der Waals surface area contributed by atoms with Crippen molar-refractivity contribution in [3.05, 3.63) is 96.8 Å². The number of rotatable bonds is 7. The van der Waals surface area contributed by atoms with Gasteiger partial charge in [0.25, 0.3) is 11.5 Å². The van der Waals surface area contributed by atoms with Gasteiger partial charge in [-0.25, -0.2) is 9.78 Å². The molecule has 4 aromatic rings. The van der Waals surface area contributed by atoms with Gasteiger partial charge in [-0.15, -0.1) is 0 Å². The van der Waals surface area contributed by atoms with E-state index in [4.69, 9.17) is 21.3 Å². The van der Waals surface area contributed by atoms with Gasteiger partial charge in [-0.05, 0) is 61.9 Å². The van der Waals surface area contributed by atoms with Gasteiger partial charge < -0.3 is 15.2 Å². The van der Waals surface area contributed by atoms with Crippen LogP contribution in [0.1, 0.15) is 40.4 Å². The molecule has 0 fully saturated rings. The monoisotopic (exact) mass is 574 g/mol. The molecule has 0 bridgehead atoms. The van der Waals surface area contributed by atoms with E-state index in [2.05, 4.69) is 11.4 Å². The third-order valence-corrected chi connectivity index (χ3v) is 7.86. The fourth-order valence-corrected chi connectivity index (χ4v) is 5.66. The molecule has 41 heavy (non-hydrogen) atoms. The minimum atomic E-state index is -0.839. The Morgan fingerprint density at radius 3 is 2.59 bits per heavy atom. The Morgan fingerprint density at radius 2 is 1.85 bits per heavy atom. The van der Waals surface area contributed by atoms with Gasteiger partial charge in [0.2, 0.25) is 5.88 Å². The summed E-state index contributed by atoms with van der Waals surface area (Å²) in [5.41, 5.74) is 5.12. The van der Waals surface area contributed by atoms with E-state index in [1.54, 1.807) is 19.2 Å². The number of aromatic nitrogens is 3. The predicted octanol–water partition coefficient (Wildman–Crippen LogP) is 4.37. The number of pyridine rings is 1. The van der Waals surface area contributed by atoms with E-state index in [9.17, 15) is 19.5 Å². The number of benzene rings is 2. The van der Waals surface area contributed by atoms with Gasteiger partial charge in [-0.1, -0.05) is 41.9 Å². The molecule has 2 heterocycles. The molecule has 1 aliphatic rings. The molecule has 0 spiro atoms. The number of carbonyl (C=O) groups is 1. The number of nitrogens with zero attached hydrogens (tertiary/aromatic N) is 3. The van der Waals surface area contributed by atoms with Crippen molar-refractivity contribution in [1.29, 1.82) is 0 Å². The molecule has 0 saturated carbocycles. The van der Waals surface area contributed by atoms with Gasteiger partial charge >= 0.3 is 5.69 Å². The van der Waals surface area contributed by atoms with E-state index in [0.717, 1.165) is 61.9 Å². The maximum absolute atomic E-state index is 13.2. The molecule has 2 aromatic carbocycles. The van der Waals surface area contributed by atoms with E-state index in [1.807, 2.05) is 31.2 Å². The molecule has 0 aliphatic heterocycles. The van der Waals surface area contributed by atoms with Crippen molar-refractivity contribution in [3.63, 3.8) is 0 Å². The number of anilines is 1. The van der Waals surface area contributed by atoms with Crippen molar-refractivity contribution in [2.75, 3.05) is 12.4 Å². The summed E-state index contributed by atoms with van der Waals surface area (Å²) in [4.78, 5) is 43.2. The second-order valence-electron chi connectivity index (χ2n) is 10.3. The molecule has 10 heteroatoms. The summed E-state index contributed by atoms with van der Waals surface area (Å²) < 4.78 is 7.59. The standard InChI is InChI=1S/C31H31ClN4O5/c1-17(37)15-36-16-24(30(39)35(3)31(36)40)28(38)33-25-13-7-9-20(18(25)2)22-11-6-12-23(27(22)32)26-14-19-8-5-10-21(19)29(34-26)41-4/h6-7,9,11-14,16-17,37H,5,8,10,15H2,1-4H3,(H,33,38)/t17-/m1/s1. The topological polar surface area (TPSA) is 115 Å². The molecule has 2 aromatic heterocycles. The minimum absolute atomic E-state index is 0.0540. The minimum Gasteiger partial charge on any atom is -0.481 e. The summed E-state index contributed by atoms with van der Waals surface area (Å²) in [5.74, 6) is -0.0391. The molecule has 1 aliphatic carbocycles. The molecule has 0 radical (unpaired) electrons. The van der Waals surface area contributed by atoms with E-state index in [1.165, 1.54) is 25.7 Å². The SMILES string of the molecule is COc1nc(-c2cccc(-c3cccc(NC(=O)c4cn(C[C@@H](C)O)c(=O)n(C)c4=O)c3C)c2Cl)cc2c1CCC2. The van der Waals surface area contributed by atoms with E-state index >= 15 is 0 Å². The highest BCUT2D eigenvalue weighted by Gasteiger charge is 2.22. The summed E-state index contributed by atoms with van der Waals surface area (Å²) in [5, 5.41) is 13.1. The highest BCUT2D eigenvalue weighted by Crippen LogP contribution is 2.40. The lowest BCUT2D eigenvalue weighted by Gasteiger charge is -2.17. The van der Waals surface area contributed by atoms with Crippen LogP contribution in [0.2, 0.25) is 5.02 Å². The smallest absolute Gasteiger partial charge is 0.330 e. The van der Waals surface area contributed by atoms with Crippen molar-refractivity contribution in [1.82, 2.24) is 14.1 Å². The van der Waals surface area contributed by atoms with Crippen LogP contribution in [0.25, 0.3) is 22.4 Å². The lowest BCUT2D eigenvalue weighted by Crippen LogP contribution is -2.42. The second-order valence-corrected chi connectivity index (χ2v) is 10.7. The first-order valence-electron chi connectivity index (χ1n) is 13.4. The molecule has 1 amide bonds. The van der Waals surface area contributed by atoms with Crippen molar-refractivity contribution < 1.29 is 14.6 Å². The average Bonchev–Trinajstić information content (AvgIpc) is 3.43. The zero-order valence-corrected chi connectivity index (χ0v) is 24.1. The largest absolute Gasteiger partial charge is 0.481 e. The molecule has 9 nitrogen and oxygen atoms in total. The first-order valence-corrected chi connectivity index (χ1v) is 13.7. The van der Waals surface area contributed by atoms with Crippen LogP contribution in [-0.2, 0) is 26.4 Å².